The first kappa shape index (κ1) is 13.5. The lowest BCUT2D eigenvalue weighted by molar-refractivity contribution is -0.137. The van der Waals surface area contributed by atoms with E-state index in [-0.39, 0.29) is 6.42 Å². The van der Waals surface area contributed by atoms with Crippen LogP contribution in [-0.2, 0) is 9.53 Å². The van der Waals surface area contributed by atoms with Gasteiger partial charge in [-0.3, -0.25) is 9.69 Å². The van der Waals surface area contributed by atoms with E-state index in [1.165, 1.54) is 12.8 Å². The van der Waals surface area contributed by atoms with Crippen molar-refractivity contribution in [1.29, 1.82) is 0 Å². The molecule has 4 nitrogen and oxygen atoms in total. The highest BCUT2D eigenvalue weighted by Crippen LogP contribution is 2.20. The van der Waals surface area contributed by atoms with Gasteiger partial charge in [0.1, 0.15) is 0 Å². The van der Waals surface area contributed by atoms with Gasteiger partial charge in [0, 0.05) is 25.6 Å². The monoisotopic (exact) mass is 229 g/mol. The number of nitrogens with zero attached hydrogens (tertiary/aromatic N) is 1. The number of hydrogen-bond acceptors (Lipinski definition) is 3. The summed E-state index contributed by atoms with van der Waals surface area (Å²) in [7, 11) is 0. The van der Waals surface area contributed by atoms with Crippen LogP contribution in [-0.4, -0.2) is 48.3 Å². The maximum Gasteiger partial charge on any atom is 0.303 e. The number of carboxylic acids is 1. The van der Waals surface area contributed by atoms with Crippen LogP contribution in [0.15, 0.2) is 0 Å². The van der Waals surface area contributed by atoms with Gasteiger partial charge >= 0.3 is 5.97 Å². The summed E-state index contributed by atoms with van der Waals surface area (Å²) in [4.78, 5) is 13.0. The Morgan fingerprint density at radius 3 is 3.00 bits per heavy atom. The average molecular weight is 229 g/mol. The highest BCUT2D eigenvalue weighted by atomic mass is 16.5. The van der Waals surface area contributed by atoms with E-state index in [1.54, 1.807) is 0 Å². The second-order valence-electron chi connectivity index (χ2n) is 4.31. The summed E-state index contributed by atoms with van der Waals surface area (Å²) >= 11 is 0. The molecule has 0 spiro atoms. The van der Waals surface area contributed by atoms with E-state index < -0.39 is 5.97 Å². The van der Waals surface area contributed by atoms with E-state index >= 15 is 0 Å². The molecule has 16 heavy (non-hydrogen) atoms. The van der Waals surface area contributed by atoms with Crippen LogP contribution < -0.4 is 0 Å². The molecule has 0 bridgehead atoms. The Kier molecular flexibility index (Phi) is 6.42. The summed E-state index contributed by atoms with van der Waals surface area (Å²) in [6.45, 7) is 5.56. The Hall–Kier alpha value is -0.610. The van der Waals surface area contributed by atoms with Crippen LogP contribution in [0, 0.1) is 0 Å². The molecule has 1 aliphatic rings. The van der Waals surface area contributed by atoms with Crippen molar-refractivity contribution in [3.63, 3.8) is 0 Å². The fourth-order valence-corrected chi connectivity index (χ4v) is 2.30. The van der Waals surface area contributed by atoms with Crippen molar-refractivity contribution in [3.8, 4) is 0 Å². The first-order chi connectivity index (χ1) is 7.74. The minimum Gasteiger partial charge on any atom is -0.481 e. The zero-order chi connectivity index (χ0) is 11.8. The summed E-state index contributed by atoms with van der Waals surface area (Å²) in [6, 6.07) is 0.449. The molecule has 0 saturated carbocycles. The first-order valence-corrected chi connectivity index (χ1v) is 6.27. The van der Waals surface area contributed by atoms with Gasteiger partial charge in [-0.25, -0.2) is 0 Å². The van der Waals surface area contributed by atoms with Crippen LogP contribution in [0.5, 0.6) is 0 Å². The molecule has 1 heterocycles. The van der Waals surface area contributed by atoms with Gasteiger partial charge in [-0.15, -0.1) is 0 Å². The number of ether oxygens (including phenoxy) is 1. The molecule has 0 aromatic rings. The third kappa shape index (κ3) is 4.94. The van der Waals surface area contributed by atoms with E-state index in [0.717, 1.165) is 39.1 Å². The molecule has 0 amide bonds. The van der Waals surface area contributed by atoms with Crippen LogP contribution in [0.4, 0.5) is 0 Å². The van der Waals surface area contributed by atoms with Gasteiger partial charge in [0.05, 0.1) is 6.61 Å². The lowest BCUT2D eigenvalue weighted by atomic mass is 9.98. The summed E-state index contributed by atoms with van der Waals surface area (Å²) < 4.78 is 5.35. The normalized spacial score (nSPS) is 22.2. The smallest absolute Gasteiger partial charge is 0.303 e. The Bertz CT molecular complexity index is 208. The van der Waals surface area contributed by atoms with Crippen LogP contribution in [0.1, 0.15) is 39.0 Å². The topological polar surface area (TPSA) is 49.8 Å². The molecule has 0 radical (unpaired) electrons. The van der Waals surface area contributed by atoms with Crippen molar-refractivity contribution in [2.24, 2.45) is 0 Å². The number of rotatable bonds is 7. The second kappa shape index (κ2) is 7.63. The van der Waals surface area contributed by atoms with Crippen molar-refractivity contribution < 1.29 is 14.6 Å². The Labute approximate surface area is 97.6 Å². The highest BCUT2D eigenvalue weighted by Gasteiger charge is 2.22. The van der Waals surface area contributed by atoms with Crippen molar-refractivity contribution >= 4 is 5.97 Å². The molecule has 1 atom stereocenters. The first-order valence-electron chi connectivity index (χ1n) is 6.27. The molecule has 1 fully saturated rings. The standard InChI is InChI=1S/C12H23NO3/c1-2-16-10-9-13-8-4-3-5-11(13)6-7-12(14)15/h11H,2-10H2,1H3,(H,14,15). The van der Waals surface area contributed by atoms with E-state index in [9.17, 15) is 4.79 Å². The summed E-state index contributed by atoms with van der Waals surface area (Å²) in [5, 5.41) is 8.70. The van der Waals surface area contributed by atoms with Gasteiger partial charge < -0.3 is 9.84 Å². The molecule has 0 aliphatic carbocycles. The minimum atomic E-state index is -0.685. The van der Waals surface area contributed by atoms with Gasteiger partial charge in [0.15, 0.2) is 0 Å². The van der Waals surface area contributed by atoms with Crippen LogP contribution in [0.25, 0.3) is 0 Å². The lowest BCUT2D eigenvalue weighted by Crippen LogP contribution is -2.41. The second-order valence-corrected chi connectivity index (χ2v) is 4.31. The van der Waals surface area contributed by atoms with Crippen molar-refractivity contribution in [2.75, 3.05) is 26.3 Å². The van der Waals surface area contributed by atoms with E-state index in [4.69, 9.17) is 9.84 Å². The van der Waals surface area contributed by atoms with E-state index in [0.29, 0.717) is 6.04 Å². The zero-order valence-electron chi connectivity index (χ0n) is 10.2. The average Bonchev–Trinajstić information content (AvgIpc) is 2.28. The number of carboxylic acid groups (broad SMARTS) is 1. The number of aliphatic carboxylic acids is 1. The minimum absolute atomic E-state index is 0.288. The van der Waals surface area contributed by atoms with Gasteiger partial charge in [0.25, 0.3) is 0 Å². The maximum absolute atomic E-state index is 10.6. The predicted octanol–water partition coefficient (Wildman–Crippen LogP) is 1.74. The summed E-state index contributed by atoms with van der Waals surface area (Å²) in [5.41, 5.74) is 0. The number of carbonyl (C=O) groups is 1. The van der Waals surface area contributed by atoms with Gasteiger partial charge in [-0.2, -0.15) is 0 Å². The van der Waals surface area contributed by atoms with Crippen LogP contribution in [0.3, 0.4) is 0 Å². The molecule has 1 N–H and O–H groups in total. The van der Waals surface area contributed by atoms with Crippen LogP contribution >= 0.6 is 0 Å². The van der Waals surface area contributed by atoms with Gasteiger partial charge in [0.2, 0.25) is 0 Å². The molecule has 94 valence electrons. The highest BCUT2D eigenvalue weighted by molar-refractivity contribution is 5.66. The third-order valence-electron chi connectivity index (χ3n) is 3.17. The largest absolute Gasteiger partial charge is 0.481 e. The third-order valence-corrected chi connectivity index (χ3v) is 3.17. The molecule has 1 unspecified atom stereocenters. The molecule has 4 heteroatoms. The van der Waals surface area contributed by atoms with E-state index in [1.807, 2.05) is 6.92 Å². The molecule has 1 rings (SSSR count). The van der Waals surface area contributed by atoms with Crippen molar-refractivity contribution in [3.05, 3.63) is 0 Å². The molecular weight excluding hydrogens is 206 g/mol. The van der Waals surface area contributed by atoms with Gasteiger partial charge in [-0.05, 0) is 32.7 Å². The predicted molar refractivity (Wildman–Crippen MR) is 62.6 cm³/mol. The van der Waals surface area contributed by atoms with Crippen molar-refractivity contribution in [2.45, 2.75) is 45.1 Å². The molecule has 1 saturated heterocycles. The SMILES string of the molecule is CCOCCN1CCCCC1CCC(=O)O. The number of hydrogen-bond donors (Lipinski definition) is 1. The number of piperidine rings is 1. The molecule has 0 aromatic heterocycles. The summed E-state index contributed by atoms with van der Waals surface area (Å²) in [5.74, 6) is -0.685. The quantitative estimate of drug-likeness (QED) is 0.676. The Balaban J connectivity index is 2.28. The maximum atomic E-state index is 10.6. The fourth-order valence-electron chi connectivity index (χ4n) is 2.30. The Morgan fingerprint density at radius 1 is 1.50 bits per heavy atom. The van der Waals surface area contributed by atoms with E-state index in [2.05, 4.69) is 4.90 Å². The summed E-state index contributed by atoms with van der Waals surface area (Å²) in [6.07, 6.45) is 4.67. The fraction of sp³-hybridized carbons (Fsp3) is 0.917. The van der Waals surface area contributed by atoms with Crippen LogP contribution in [0.2, 0.25) is 0 Å². The lowest BCUT2D eigenvalue weighted by Gasteiger charge is -2.35. The van der Waals surface area contributed by atoms with Crippen molar-refractivity contribution in [1.82, 2.24) is 4.90 Å². The molecule has 0 aromatic carbocycles. The van der Waals surface area contributed by atoms with Gasteiger partial charge in [-0.1, -0.05) is 6.42 Å². The zero-order valence-corrected chi connectivity index (χ0v) is 10.2. The number of likely N-dealkylation sites (tertiary alicyclic amines) is 1. The molecular formula is C12H23NO3. The Morgan fingerprint density at radius 2 is 2.31 bits per heavy atom. The molecule has 1 aliphatic heterocycles.